The SMILES string of the molecule is CN(Cc1cccnc1)c1cnccc1C(=N)N. The van der Waals surface area contributed by atoms with Crippen LogP contribution in [0.1, 0.15) is 11.1 Å². The van der Waals surface area contributed by atoms with Crippen LogP contribution in [-0.4, -0.2) is 22.9 Å². The standard InChI is InChI=1S/C13H15N5/c1-18(9-10-3-2-5-16-7-10)12-8-17-6-4-11(12)13(14)15/h2-8H,9H2,1H3,(H3,14,15). The molecule has 2 rings (SSSR count). The second-order valence-corrected chi connectivity index (χ2v) is 4.02. The molecule has 0 atom stereocenters. The number of nitrogens with one attached hydrogen (secondary N) is 1. The van der Waals surface area contributed by atoms with Crippen LogP contribution in [0.2, 0.25) is 0 Å². The largest absolute Gasteiger partial charge is 0.384 e. The van der Waals surface area contributed by atoms with Crippen LogP contribution in [0.15, 0.2) is 43.0 Å². The number of rotatable bonds is 4. The van der Waals surface area contributed by atoms with Gasteiger partial charge in [0.15, 0.2) is 0 Å². The Labute approximate surface area is 106 Å². The van der Waals surface area contributed by atoms with Gasteiger partial charge >= 0.3 is 0 Å². The molecule has 0 bridgehead atoms. The summed E-state index contributed by atoms with van der Waals surface area (Å²) < 4.78 is 0. The molecule has 0 amide bonds. The quantitative estimate of drug-likeness (QED) is 0.626. The number of amidine groups is 1. The van der Waals surface area contributed by atoms with Crippen LogP contribution < -0.4 is 10.6 Å². The fourth-order valence-corrected chi connectivity index (χ4v) is 1.77. The van der Waals surface area contributed by atoms with Crippen molar-refractivity contribution in [3.8, 4) is 0 Å². The third-order valence-electron chi connectivity index (χ3n) is 2.64. The molecule has 2 aromatic heterocycles. The molecule has 5 nitrogen and oxygen atoms in total. The summed E-state index contributed by atoms with van der Waals surface area (Å²) in [6.07, 6.45) is 6.92. The predicted octanol–water partition coefficient (Wildman–Crippen LogP) is 1.40. The maximum absolute atomic E-state index is 7.56. The summed E-state index contributed by atoms with van der Waals surface area (Å²) in [6, 6.07) is 5.66. The zero-order valence-electron chi connectivity index (χ0n) is 10.2. The second kappa shape index (κ2) is 5.27. The van der Waals surface area contributed by atoms with Crippen molar-refractivity contribution in [3.63, 3.8) is 0 Å². The van der Waals surface area contributed by atoms with E-state index in [0.717, 1.165) is 11.3 Å². The third-order valence-corrected chi connectivity index (χ3v) is 2.64. The van der Waals surface area contributed by atoms with Crippen molar-refractivity contribution in [3.05, 3.63) is 54.1 Å². The highest BCUT2D eigenvalue weighted by atomic mass is 15.1. The number of nitrogen functional groups attached to an aromatic ring is 1. The Hall–Kier alpha value is -2.43. The molecule has 0 radical (unpaired) electrons. The summed E-state index contributed by atoms with van der Waals surface area (Å²) >= 11 is 0. The first-order chi connectivity index (χ1) is 8.68. The van der Waals surface area contributed by atoms with Crippen LogP contribution in [0.4, 0.5) is 5.69 Å². The topological polar surface area (TPSA) is 78.9 Å². The zero-order chi connectivity index (χ0) is 13.0. The van der Waals surface area contributed by atoms with Gasteiger partial charge in [0, 0.05) is 37.7 Å². The summed E-state index contributed by atoms with van der Waals surface area (Å²) in [4.78, 5) is 10.2. The molecule has 0 aliphatic heterocycles. The van der Waals surface area contributed by atoms with Crippen molar-refractivity contribution in [2.24, 2.45) is 5.73 Å². The third kappa shape index (κ3) is 2.63. The van der Waals surface area contributed by atoms with Crippen LogP contribution >= 0.6 is 0 Å². The Balaban J connectivity index is 2.24. The van der Waals surface area contributed by atoms with E-state index in [0.29, 0.717) is 12.1 Å². The lowest BCUT2D eigenvalue weighted by Gasteiger charge is -2.21. The van der Waals surface area contributed by atoms with Crippen molar-refractivity contribution in [1.29, 1.82) is 5.41 Å². The minimum absolute atomic E-state index is 0.0467. The van der Waals surface area contributed by atoms with Gasteiger partial charge in [0.05, 0.1) is 11.9 Å². The molecular weight excluding hydrogens is 226 g/mol. The van der Waals surface area contributed by atoms with E-state index in [1.165, 1.54) is 0 Å². The number of pyridine rings is 2. The van der Waals surface area contributed by atoms with E-state index in [1.807, 2.05) is 30.3 Å². The minimum atomic E-state index is 0.0467. The summed E-state index contributed by atoms with van der Waals surface area (Å²) in [7, 11) is 1.94. The molecule has 0 aliphatic rings. The minimum Gasteiger partial charge on any atom is -0.384 e. The number of aromatic nitrogens is 2. The van der Waals surface area contributed by atoms with Crippen LogP contribution in [0.5, 0.6) is 0 Å². The van der Waals surface area contributed by atoms with E-state index >= 15 is 0 Å². The van der Waals surface area contributed by atoms with E-state index < -0.39 is 0 Å². The molecule has 0 unspecified atom stereocenters. The number of hydrogen-bond acceptors (Lipinski definition) is 4. The highest BCUT2D eigenvalue weighted by molar-refractivity contribution is 6.00. The molecule has 0 fully saturated rings. The van der Waals surface area contributed by atoms with Gasteiger partial charge in [0.2, 0.25) is 0 Å². The van der Waals surface area contributed by atoms with E-state index in [-0.39, 0.29) is 5.84 Å². The maximum atomic E-state index is 7.56. The molecule has 18 heavy (non-hydrogen) atoms. The smallest absolute Gasteiger partial charge is 0.125 e. The Morgan fingerprint density at radius 2 is 2.06 bits per heavy atom. The average Bonchev–Trinajstić information content (AvgIpc) is 2.40. The molecule has 0 saturated heterocycles. The number of hydrogen-bond donors (Lipinski definition) is 2. The summed E-state index contributed by atoms with van der Waals surface area (Å²) in [6.45, 7) is 0.694. The molecule has 5 heteroatoms. The molecule has 0 spiro atoms. The lowest BCUT2D eigenvalue weighted by Crippen LogP contribution is -2.22. The molecular formula is C13H15N5. The van der Waals surface area contributed by atoms with Gasteiger partial charge in [-0.3, -0.25) is 15.4 Å². The van der Waals surface area contributed by atoms with Gasteiger partial charge in [0.25, 0.3) is 0 Å². The monoisotopic (exact) mass is 241 g/mol. The van der Waals surface area contributed by atoms with Gasteiger partial charge in [-0.05, 0) is 17.7 Å². The number of anilines is 1. The van der Waals surface area contributed by atoms with Crippen LogP contribution in [0.3, 0.4) is 0 Å². The van der Waals surface area contributed by atoms with Crippen LogP contribution in [0, 0.1) is 5.41 Å². The maximum Gasteiger partial charge on any atom is 0.125 e. The molecule has 2 heterocycles. The van der Waals surface area contributed by atoms with Gasteiger partial charge in [0.1, 0.15) is 5.84 Å². The molecule has 3 N–H and O–H groups in total. The second-order valence-electron chi connectivity index (χ2n) is 4.02. The average molecular weight is 241 g/mol. The fraction of sp³-hybridized carbons (Fsp3) is 0.154. The van der Waals surface area contributed by atoms with Crippen molar-refractivity contribution < 1.29 is 0 Å². The van der Waals surface area contributed by atoms with Gasteiger partial charge in [-0.2, -0.15) is 0 Å². The van der Waals surface area contributed by atoms with E-state index in [4.69, 9.17) is 11.1 Å². The summed E-state index contributed by atoms with van der Waals surface area (Å²) in [5, 5.41) is 7.56. The van der Waals surface area contributed by atoms with E-state index in [2.05, 4.69) is 9.97 Å². The molecule has 2 aromatic rings. The number of nitrogens with zero attached hydrogens (tertiary/aromatic N) is 3. The fourth-order valence-electron chi connectivity index (χ4n) is 1.77. The molecule has 0 aliphatic carbocycles. The Morgan fingerprint density at radius 3 is 2.72 bits per heavy atom. The Bertz CT molecular complexity index is 538. The zero-order valence-corrected chi connectivity index (χ0v) is 10.2. The van der Waals surface area contributed by atoms with Crippen molar-refractivity contribution in [2.45, 2.75) is 6.54 Å². The van der Waals surface area contributed by atoms with Gasteiger partial charge in [-0.15, -0.1) is 0 Å². The molecule has 0 aromatic carbocycles. The first-order valence-electron chi connectivity index (χ1n) is 5.57. The van der Waals surface area contributed by atoms with Crippen molar-refractivity contribution in [1.82, 2.24) is 9.97 Å². The van der Waals surface area contributed by atoms with Crippen molar-refractivity contribution >= 4 is 11.5 Å². The predicted molar refractivity (Wildman–Crippen MR) is 71.6 cm³/mol. The van der Waals surface area contributed by atoms with Crippen molar-refractivity contribution in [2.75, 3.05) is 11.9 Å². The van der Waals surface area contributed by atoms with Gasteiger partial charge in [-0.25, -0.2) is 0 Å². The Kier molecular flexibility index (Phi) is 3.52. The first kappa shape index (κ1) is 12.0. The summed E-state index contributed by atoms with van der Waals surface area (Å²) in [5.74, 6) is 0.0467. The molecule has 0 saturated carbocycles. The van der Waals surface area contributed by atoms with Crippen LogP contribution in [0.25, 0.3) is 0 Å². The van der Waals surface area contributed by atoms with Gasteiger partial charge in [-0.1, -0.05) is 6.07 Å². The Morgan fingerprint density at radius 1 is 1.28 bits per heavy atom. The number of nitrogens with two attached hydrogens (primary N) is 1. The van der Waals surface area contributed by atoms with Crippen LogP contribution in [-0.2, 0) is 6.54 Å². The summed E-state index contributed by atoms with van der Waals surface area (Å²) in [5.41, 5.74) is 8.19. The first-order valence-corrected chi connectivity index (χ1v) is 5.57. The highest BCUT2D eigenvalue weighted by Crippen LogP contribution is 2.18. The normalized spacial score (nSPS) is 10.1. The van der Waals surface area contributed by atoms with E-state index in [1.54, 1.807) is 24.7 Å². The van der Waals surface area contributed by atoms with Gasteiger partial charge < -0.3 is 10.6 Å². The molecule has 92 valence electrons. The highest BCUT2D eigenvalue weighted by Gasteiger charge is 2.10. The van der Waals surface area contributed by atoms with E-state index in [9.17, 15) is 0 Å². The lowest BCUT2D eigenvalue weighted by molar-refractivity contribution is 0.908. The lowest BCUT2D eigenvalue weighted by atomic mass is 10.2.